The molecule has 0 saturated carbocycles. The lowest BCUT2D eigenvalue weighted by atomic mass is 10.2. The number of aryl methyl sites for hydroxylation is 2. The Bertz CT molecular complexity index is 1310. The van der Waals surface area contributed by atoms with E-state index >= 15 is 0 Å². The summed E-state index contributed by atoms with van der Waals surface area (Å²) in [6.07, 6.45) is 1.82. The highest BCUT2D eigenvalue weighted by Gasteiger charge is 2.24. The first-order valence-electron chi connectivity index (χ1n) is 8.88. The Balaban J connectivity index is 2.18. The van der Waals surface area contributed by atoms with Gasteiger partial charge in [-0.2, -0.15) is 0 Å². The number of rotatable bonds is 5. The van der Waals surface area contributed by atoms with Crippen molar-refractivity contribution >= 4 is 32.9 Å². The van der Waals surface area contributed by atoms with Crippen LogP contribution in [0.2, 0.25) is 0 Å². The molecule has 0 bridgehead atoms. The largest absolute Gasteiger partial charge is 0.496 e. The van der Waals surface area contributed by atoms with Gasteiger partial charge in [-0.05, 0) is 24.6 Å². The van der Waals surface area contributed by atoms with Crippen LogP contribution < -0.4 is 16.0 Å². The molecule has 0 amide bonds. The molecule has 0 fully saturated rings. The molecular formula is C18H19BrN6O3. The van der Waals surface area contributed by atoms with Crippen molar-refractivity contribution in [2.24, 2.45) is 7.05 Å². The number of imidazole rings is 1. The van der Waals surface area contributed by atoms with E-state index in [1.165, 1.54) is 4.57 Å². The van der Waals surface area contributed by atoms with Crippen LogP contribution in [0.4, 0.5) is 0 Å². The number of H-pyrrole nitrogens is 1. The number of aromatic amines is 1. The lowest BCUT2D eigenvalue weighted by Crippen LogP contribution is -2.29. The average Bonchev–Trinajstić information content (AvgIpc) is 3.23. The van der Waals surface area contributed by atoms with Crippen molar-refractivity contribution in [1.29, 1.82) is 0 Å². The summed E-state index contributed by atoms with van der Waals surface area (Å²) in [7, 11) is 3.20. The van der Waals surface area contributed by atoms with Crippen LogP contribution in [0, 0.1) is 0 Å². The third-order valence-corrected chi connectivity index (χ3v) is 5.27. The van der Waals surface area contributed by atoms with Crippen LogP contribution in [0.25, 0.3) is 28.3 Å². The number of halogens is 1. The fourth-order valence-electron chi connectivity index (χ4n) is 3.40. The number of hydrogen-bond donors (Lipinski definition) is 1. The molecule has 3 heterocycles. The topological polar surface area (TPSA) is 99.2 Å². The van der Waals surface area contributed by atoms with Crippen molar-refractivity contribution in [3.8, 4) is 17.1 Å². The van der Waals surface area contributed by atoms with E-state index < -0.39 is 11.2 Å². The van der Waals surface area contributed by atoms with Crippen LogP contribution in [-0.2, 0) is 13.6 Å². The van der Waals surface area contributed by atoms with Gasteiger partial charge in [0.25, 0.3) is 5.56 Å². The van der Waals surface area contributed by atoms with Gasteiger partial charge in [-0.1, -0.05) is 29.3 Å². The Morgan fingerprint density at radius 3 is 2.75 bits per heavy atom. The molecule has 1 aromatic carbocycles. The molecule has 0 aliphatic rings. The summed E-state index contributed by atoms with van der Waals surface area (Å²) in [5.74, 6) is 1.61. The number of nitrogens with one attached hydrogen (secondary N) is 1. The maximum Gasteiger partial charge on any atom is 0.329 e. The number of nitrogens with zero attached hydrogens (tertiary/aromatic N) is 5. The maximum atomic E-state index is 12.6. The molecule has 4 rings (SSSR count). The molecule has 3 aromatic heterocycles. The molecule has 4 aromatic rings. The van der Waals surface area contributed by atoms with Crippen LogP contribution in [0.3, 0.4) is 0 Å². The SMILES string of the molecule is CCCCn1c2c(=O)[nH]c(=O)n(C)c2n2c(-c3cc(Br)ccc3OC)nnc12. The second kappa shape index (κ2) is 6.93. The minimum absolute atomic E-state index is 0.399. The van der Waals surface area contributed by atoms with Crippen molar-refractivity contribution in [2.45, 2.75) is 26.3 Å². The summed E-state index contributed by atoms with van der Waals surface area (Å²) >= 11 is 3.47. The zero-order chi connectivity index (χ0) is 20.0. The molecule has 0 aliphatic heterocycles. The Hall–Kier alpha value is -2.88. The summed E-state index contributed by atoms with van der Waals surface area (Å²) in [5.41, 5.74) is 0.615. The van der Waals surface area contributed by atoms with E-state index in [0.29, 0.717) is 40.6 Å². The second-order valence-electron chi connectivity index (χ2n) is 6.50. The highest BCUT2D eigenvalue weighted by molar-refractivity contribution is 9.10. The lowest BCUT2D eigenvalue weighted by Gasteiger charge is -2.08. The fourth-order valence-corrected chi connectivity index (χ4v) is 3.76. The molecular weight excluding hydrogens is 428 g/mol. The quantitative estimate of drug-likeness (QED) is 0.506. The average molecular weight is 447 g/mol. The zero-order valence-corrected chi connectivity index (χ0v) is 17.3. The van der Waals surface area contributed by atoms with Crippen molar-refractivity contribution in [1.82, 2.24) is 28.7 Å². The van der Waals surface area contributed by atoms with Gasteiger partial charge in [-0.15, -0.1) is 10.2 Å². The van der Waals surface area contributed by atoms with Crippen molar-refractivity contribution in [3.05, 3.63) is 43.5 Å². The van der Waals surface area contributed by atoms with E-state index in [1.54, 1.807) is 18.6 Å². The lowest BCUT2D eigenvalue weighted by molar-refractivity contribution is 0.416. The number of benzene rings is 1. The summed E-state index contributed by atoms with van der Waals surface area (Å²) in [4.78, 5) is 27.3. The molecule has 9 nitrogen and oxygen atoms in total. The molecule has 1 N–H and O–H groups in total. The summed E-state index contributed by atoms with van der Waals surface area (Å²) in [6.45, 7) is 2.67. The first kappa shape index (κ1) is 18.5. The Morgan fingerprint density at radius 2 is 2.04 bits per heavy atom. The summed E-state index contributed by atoms with van der Waals surface area (Å²) in [6, 6.07) is 5.56. The number of hydrogen-bond acceptors (Lipinski definition) is 5. The third-order valence-electron chi connectivity index (χ3n) is 4.78. The smallest absolute Gasteiger partial charge is 0.329 e. The van der Waals surface area contributed by atoms with E-state index in [-0.39, 0.29) is 0 Å². The van der Waals surface area contributed by atoms with E-state index in [9.17, 15) is 9.59 Å². The molecule has 0 saturated heterocycles. The monoisotopic (exact) mass is 446 g/mol. The molecule has 0 atom stereocenters. The molecule has 28 heavy (non-hydrogen) atoms. The van der Waals surface area contributed by atoms with Crippen molar-refractivity contribution in [2.75, 3.05) is 7.11 Å². The van der Waals surface area contributed by atoms with Crippen molar-refractivity contribution in [3.63, 3.8) is 0 Å². The first-order chi connectivity index (χ1) is 13.5. The number of aromatic nitrogens is 6. The Kier molecular flexibility index (Phi) is 4.58. The Labute approximate surface area is 167 Å². The van der Waals surface area contributed by atoms with Crippen LogP contribution in [0.5, 0.6) is 5.75 Å². The van der Waals surface area contributed by atoms with Crippen LogP contribution >= 0.6 is 15.9 Å². The van der Waals surface area contributed by atoms with Gasteiger partial charge in [0, 0.05) is 18.1 Å². The minimum atomic E-state index is -0.493. The van der Waals surface area contributed by atoms with Crippen molar-refractivity contribution < 1.29 is 4.74 Å². The van der Waals surface area contributed by atoms with Gasteiger partial charge in [-0.25, -0.2) is 9.20 Å². The number of unbranched alkanes of at least 4 members (excludes halogenated alkanes) is 1. The highest BCUT2D eigenvalue weighted by atomic mass is 79.9. The second-order valence-corrected chi connectivity index (χ2v) is 7.41. The van der Waals surface area contributed by atoms with E-state index in [2.05, 4.69) is 38.0 Å². The normalized spacial score (nSPS) is 11.6. The predicted octanol–water partition coefficient (Wildman–Crippen LogP) is 2.31. The van der Waals surface area contributed by atoms with Gasteiger partial charge in [0.15, 0.2) is 17.0 Å². The van der Waals surface area contributed by atoms with E-state index in [1.807, 2.05) is 22.8 Å². The predicted molar refractivity (Wildman–Crippen MR) is 109 cm³/mol. The first-order valence-corrected chi connectivity index (χ1v) is 9.67. The maximum absolute atomic E-state index is 12.6. The minimum Gasteiger partial charge on any atom is -0.496 e. The van der Waals surface area contributed by atoms with Gasteiger partial charge >= 0.3 is 5.69 Å². The third kappa shape index (κ3) is 2.67. The van der Waals surface area contributed by atoms with Gasteiger partial charge < -0.3 is 9.30 Å². The fraction of sp³-hybridized carbons (Fsp3) is 0.333. The number of ether oxygens (including phenoxy) is 1. The van der Waals surface area contributed by atoms with Gasteiger partial charge in [0.05, 0.1) is 12.7 Å². The van der Waals surface area contributed by atoms with E-state index in [4.69, 9.17) is 4.74 Å². The van der Waals surface area contributed by atoms with Gasteiger partial charge in [-0.3, -0.25) is 14.3 Å². The molecule has 0 aliphatic carbocycles. The number of fused-ring (bicyclic) bond motifs is 3. The van der Waals surface area contributed by atoms with E-state index in [0.717, 1.165) is 17.3 Å². The van der Waals surface area contributed by atoms with Crippen LogP contribution in [-0.4, -0.2) is 35.8 Å². The van der Waals surface area contributed by atoms with Gasteiger partial charge in [0.2, 0.25) is 5.78 Å². The zero-order valence-electron chi connectivity index (χ0n) is 15.7. The summed E-state index contributed by atoms with van der Waals surface area (Å²) < 4.78 is 11.3. The molecule has 0 unspecified atom stereocenters. The van der Waals surface area contributed by atoms with Crippen LogP contribution in [0.15, 0.2) is 32.3 Å². The van der Waals surface area contributed by atoms with Crippen LogP contribution in [0.1, 0.15) is 19.8 Å². The highest BCUT2D eigenvalue weighted by Crippen LogP contribution is 2.33. The summed E-state index contributed by atoms with van der Waals surface area (Å²) in [5, 5.41) is 8.70. The molecule has 10 heteroatoms. The molecule has 146 valence electrons. The van der Waals surface area contributed by atoms with Gasteiger partial charge in [0.1, 0.15) is 5.75 Å². The molecule has 0 spiro atoms. The molecule has 0 radical (unpaired) electrons. The Morgan fingerprint density at radius 1 is 1.25 bits per heavy atom. The standard InChI is InChI=1S/C18H19BrN6O3/c1-4-5-8-24-13-15(26)20-18(27)23(2)16(13)25-14(21-22-17(24)25)11-9-10(19)6-7-12(11)28-3/h6-7,9H,4-5,8H2,1-3H3,(H,20,26,27). The number of methoxy groups -OCH3 is 1.